The van der Waals surface area contributed by atoms with Crippen molar-refractivity contribution in [3.05, 3.63) is 47.1 Å². The smallest absolute Gasteiger partial charge is 0.329 e. The Balaban J connectivity index is 2.26. The lowest BCUT2D eigenvalue weighted by Crippen LogP contribution is -2.10. The molecule has 0 aromatic heterocycles. The van der Waals surface area contributed by atoms with E-state index in [1.165, 1.54) is 6.20 Å². The van der Waals surface area contributed by atoms with Crippen molar-refractivity contribution in [3.63, 3.8) is 0 Å². The average molecular weight is 226 g/mol. The number of nitrogens with one attached hydrogen (secondary N) is 1. The summed E-state index contributed by atoms with van der Waals surface area (Å²) < 4.78 is 0. The molecule has 0 saturated heterocycles. The summed E-state index contributed by atoms with van der Waals surface area (Å²) in [6.45, 7) is 0.700. The first-order chi connectivity index (χ1) is 7.18. The third-order valence-electron chi connectivity index (χ3n) is 1.82. The molecule has 4 heteroatoms. The Labute approximate surface area is 93.4 Å². The molecule has 0 heterocycles. The van der Waals surface area contributed by atoms with Crippen molar-refractivity contribution in [2.45, 2.75) is 6.42 Å². The molecule has 0 unspecified atom stereocenters. The first-order valence-electron chi connectivity index (χ1n) is 4.56. The fourth-order valence-corrected chi connectivity index (χ4v) is 1.21. The van der Waals surface area contributed by atoms with E-state index >= 15 is 0 Å². The van der Waals surface area contributed by atoms with Gasteiger partial charge in [-0.3, -0.25) is 0 Å². The first-order valence-corrected chi connectivity index (χ1v) is 4.93. The predicted octanol–water partition coefficient (Wildman–Crippen LogP) is 2.07. The molecule has 0 aliphatic heterocycles. The number of halogens is 1. The largest absolute Gasteiger partial charge is 0.478 e. The zero-order chi connectivity index (χ0) is 11.1. The van der Waals surface area contributed by atoms with Gasteiger partial charge in [-0.1, -0.05) is 23.7 Å². The third kappa shape index (κ3) is 5.08. The van der Waals surface area contributed by atoms with Crippen molar-refractivity contribution in [2.24, 2.45) is 0 Å². The molecule has 3 nitrogen and oxygen atoms in total. The highest BCUT2D eigenvalue weighted by Gasteiger charge is 1.92. The fraction of sp³-hybridized carbons (Fsp3) is 0.182. The van der Waals surface area contributed by atoms with Crippen LogP contribution in [0.25, 0.3) is 0 Å². The second-order valence-corrected chi connectivity index (χ2v) is 3.44. The Morgan fingerprint density at radius 2 is 2.07 bits per heavy atom. The predicted molar refractivity (Wildman–Crippen MR) is 59.9 cm³/mol. The van der Waals surface area contributed by atoms with Crippen LogP contribution in [0.15, 0.2) is 36.5 Å². The Morgan fingerprint density at radius 1 is 1.40 bits per heavy atom. The Bertz CT molecular complexity index is 346. The summed E-state index contributed by atoms with van der Waals surface area (Å²) in [6, 6.07) is 7.57. The molecule has 0 bridgehead atoms. The zero-order valence-electron chi connectivity index (χ0n) is 8.11. The van der Waals surface area contributed by atoms with Gasteiger partial charge in [-0.15, -0.1) is 0 Å². The van der Waals surface area contributed by atoms with Gasteiger partial charge in [-0.2, -0.15) is 0 Å². The summed E-state index contributed by atoms with van der Waals surface area (Å²) in [7, 11) is 0. The molecule has 0 amide bonds. The molecule has 0 spiro atoms. The molecule has 15 heavy (non-hydrogen) atoms. The lowest BCUT2D eigenvalue weighted by Gasteiger charge is -2.01. The maximum absolute atomic E-state index is 10.1. The molecule has 80 valence electrons. The molecule has 0 radical (unpaired) electrons. The number of benzene rings is 1. The number of carbonyl (C=O) groups is 1. The summed E-state index contributed by atoms with van der Waals surface area (Å²) in [5.74, 6) is -0.950. The van der Waals surface area contributed by atoms with Crippen LogP contribution >= 0.6 is 11.6 Å². The molecule has 1 rings (SSSR count). The van der Waals surface area contributed by atoms with Crippen molar-refractivity contribution in [2.75, 3.05) is 6.54 Å². The quantitative estimate of drug-likeness (QED) is 0.596. The molecule has 0 fully saturated rings. The van der Waals surface area contributed by atoms with Gasteiger partial charge in [0, 0.05) is 23.8 Å². The minimum absolute atomic E-state index is 0.700. The van der Waals surface area contributed by atoms with Crippen LogP contribution in [0.5, 0.6) is 0 Å². The Kier molecular flexibility index (Phi) is 4.71. The van der Waals surface area contributed by atoms with E-state index in [-0.39, 0.29) is 0 Å². The summed E-state index contributed by atoms with van der Waals surface area (Å²) in [6.07, 6.45) is 3.33. The zero-order valence-corrected chi connectivity index (χ0v) is 8.87. The van der Waals surface area contributed by atoms with E-state index in [9.17, 15) is 4.79 Å². The monoisotopic (exact) mass is 225 g/mol. The highest BCUT2D eigenvalue weighted by Crippen LogP contribution is 2.09. The second-order valence-electron chi connectivity index (χ2n) is 3.00. The SMILES string of the molecule is O=C(O)/C=C/NCCc1ccc(Cl)cc1. The van der Waals surface area contributed by atoms with Gasteiger partial charge in [0.25, 0.3) is 0 Å². The molecule has 0 atom stereocenters. The number of hydrogen-bond donors (Lipinski definition) is 2. The van der Waals surface area contributed by atoms with Crippen LogP contribution in [0.4, 0.5) is 0 Å². The molecular formula is C11H12ClNO2. The van der Waals surface area contributed by atoms with E-state index in [4.69, 9.17) is 16.7 Å². The third-order valence-corrected chi connectivity index (χ3v) is 2.07. The van der Waals surface area contributed by atoms with Crippen molar-refractivity contribution < 1.29 is 9.90 Å². The van der Waals surface area contributed by atoms with Crippen LogP contribution < -0.4 is 5.32 Å². The highest BCUT2D eigenvalue weighted by atomic mass is 35.5. The van der Waals surface area contributed by atoms with Gasteiger partial charge in [0.15, 0.2) is 0 Å². The topological polar surface area (TPSA) is 49.3 Å². The molecule has 1 aromatic carbocycles. The fourth-order valence-electron chi connectivity index (χ4n) is 1.08. The van der Waals surface area contributed by atoms with Crippen LogP contribution in [0.2, 0.25) is 5.02 Å². The number of carboxylic acid groups (broad SMARTS) is 1. The Morgan fingerprint density at radius 3 is 2.67 bits per heavy atom. The maximum Gasteiger partial charge on any atom is 0.329 e. The minimum Gasteiger partial charge on any atom is -0.478 e. The number of rotatable bonds is 5. The summed E-state index contributed by atoms with van der Waals surface area (Å²) in [5.41, 5.74) is 1.16. The molecule has 0 aliphatic rings. The molecule has 1 aromatic rings. The molecule has 0 aliphatic carbocycles. The number of aliphatic carboxylic acids is 1. The highest BCUT2D eigenvalue weighted by molar-refractivity contribution is 6.30. The molecule has 2 N–H and O–H groups in total. The van der Waals surface area contributed by atoms with E-state index in [1.54, 1.807) is 0 Å². The van der Waals surface area contributed by atoms with E-state index < -0.39 is 5.97 Å². The van der Waals surface area contributed by atoms with E-state index in [0.717, 1.165) is 23.1 Å². The van der Waals surface area contributed by atoms with E-state index in [1.807, 2.05) is 24.3 Å². The van der Waals surface area contributed by atoms with Gasteiger partial charge in [-0.25, -0.2) is 4.79 Å². The van der Waals surface area contributed by atoms with Crippen LogP contribution in [-0.2, 0) is 11.2 Å². The van der Waals surface area contributed by atoms with Crippen LogP contribution in [-0.4, -0.2) is 17.6 Å². The normalized spacial score (nSPS) is 10.5. The van der Waals surface area contributed by atoms with Gasteiger partial charge >= 0.3 is 5.97 Å². The van der Waals surface area contributed by atoms with Crippen molar-refractivity contribution in [3.8, 4) is 0 Å². The van der Waals surface area contributed by atoms with Gasteiger partial charge < -0.3 is 10.4 Å². The maximum atomic E-state index is 10.1. The van der Waals surface area contributed by atoms with Crippen molar-refractivity contribution >= 4 is 17.6 Å². The molecular weight excluding hydrogens is 214 g/mol. The van der Waals surface area contributed by atoms with E-state index in [2.05, 4.69) is 5.32 Å². The number of hydrogen-bond acceptors (Lipinski definition) is 2. The molecule has 0 saturated carbocycles. The summed E-state index contributed by atoms with van der Waals surface area (Å²) in [4.78, 5) is 10.1. The average Bonchev–Trinajstić information content (AvgIpc) is 2.20. The van der Waals surface area contributed by atoms with Crippen LogP contribution in [0.3, 0.4) is 0 Å². The van der Waals surface area contributed by atoms with Gasteiger partial charge in [-0.05, 0) is 24.1 Å². The summed E-state index contributed by atoms with van der Waals surface area (Å²) >= 11 is 5.74. The number of carboxylic acids is 1. The van der Waals surface area contributed by atoms with Gasteiger partial charge in [0.1, 0.15) is 0 Å². The van der Waals surface area contributed by atoms with E-state index in [0.29, 0.717) is 6.54 Å². The minimum atomic E-state index is -0.950. The second kappa shape index (κ2) is 6.09. The van der Waals surface area contributed by atoms with Gasteiger partial charge in [0.2, 0.25) is 0 Å². The van der Waals surface area contributed by atoms with Crippen LogP contribution in [0, 0.1) is 0 Å². The van der Waals surface area contributed by atoms with Gasteiger partial charge in [0.05, 0.1) is 0 Å². The van der Waals surface area contributed by atoms with Crippen molar-refractivity contribution in [1.82, 2.24) is 5.32 Å². The lowest BCUT2D eigenvalue weighted by molar-refractivity contribution is -0.131. The first kappa shape index (κ1) is 11.6. The Hall–Kier alpha value is -1.48. The standard InChI is InChI=1S/C11H12ClNO2/c12-10-3-1-9(2-4-10)5-7-13-8-6-11(14)15/h1-4,6,8,13H,5,7H2,(H,14,15)/b8-6+. The lowest BCUT2D eigenvalue weighted by atomic mass is 10.1. The van der Waals surface area contributed by atoms with Crippen LogP contribution in [0.1, 0.15) is 5.56 Å². The van der Waals surface area contributed by atoms with Crippen molar-refractivity contribution in [1.29, 1.82) is 0 Å². The summed E-state index contributed by atoms with van der Waals surface area (Å²) in [5, 5.41) is 11.9.